The van der Waals surface area contributed by atoms with Crippen molar-refractivity contribution in [2.45, 2.75) is 52.7 Å². The lowest BCUT2D eigenvalue weighted by atomic mass is 9.89. The molecule has 4 N–H and O–H groups in total. The summed E-state index contributed by atoms with van der Waals surface area (Å²) in [4.78, 5) is 17.5. The smallest absolute Gasteiger partial charge is 0.314 e. The van der Waals surface area contributed by atoms with Crippen molar-refractivity contribution in [1.82, 2.24) is 15.5 Å². The number of amides is 2. The van der Waals surface area contributed by atoms with Crippen molar-refractivity contribution in [2.24, 2.45) is 16.1 Å². The van der Waals surface area contributed by atoms with Crippen LogP contribution in [0.3, 0.4) is 0 Å². The third-order valence-electron chi connectivity index (χ3n) is 4.16. The number of methoxy groups -OCH3 is 1. The molecule has 0 radical (unpaired) electrons. The lowest BCUT2D eigenvalue weighted by Crippen LogP contribution is -2.51. The number of nitrogens with two attached hydrogens (primary N) is 1. The maximum atomic E-state index is 11.2. The molecule has 24 heavy (non-hydrogen) atoms. The van der Waals surface area contributed by atoms with E-state index in [2.05, 4.69) is 36.4 Å². The molecule has 0 bridgehead atoms. The van der Waals surface area contributed by atoms with E-state index in [1.54, 1.807) is 12.0 Å². The molecule has 0 aromatic heterocycles. The summed E-state index contributed by atoms with van der Waals surface area (Å²) in [5.74, 6) is 0.802. The Morgan fingerprint density at radius 2 is 1.96 bits per heavy atom. The minimum absolute atomic E-state index is 0. The number of likely N-dealkylation sites (tertiary alicyclic amines) is 1. The summed E-state index contributed by atoms with van der Waals surface area (Å²) in [7, 11) is 1.73. The van der Waals surface area contributed by atoms with Gasteiger partial charge in [0.15, 0.2) is 5.96 Å². The van der Waals surface area contributed by atoms with Crippen molar-refractivity contribution in [1.29, 1.82) is 0 Å². The van der Waals surface area contributed by atoms with Gasteiger partial charge in [-0.1, -0.05) is 20.8 Å². The fourth-order valence-electron chi connectivity index (χ4n) is 2.63. The summed E-state index contributed by atoms with van der Waals surface area (Å²) in [6.07, 6.45) is 1.82. The molecule has 0 spiro atoms. The van der Waals surface area contributed by atoms with E-state index in [0.717, 1.165) is 25.3 Å². The van der Waals surface area contributed by atoms with Gasteiger partial charge in [0, 0.05) is 32.8 Å². The third kappa shape index (κ3) is 7.87. The summed E-state index contributed by atoms with van der Waals surface area (Å²) >= 11 is 0. The number of hydrogen-bond donors (Lipinski definition) is 3. The Morgan fingerprint density at radius 1 is 1.38 bits per heavy atom. The van der Waals surface area contributed by atoms with E-state index in [0.29, 0.717) is 25.7 Å². The van der Waals surface area contributed by atoms with Crippen LogP contribution in [-0.4, -0.2) is 62.3 Å². The molecule has 0 aliphatic carbocycles. The lowest BCUT2D eigenvalue weighted by molar-refractivity contribution is 0.0241. The van der Waals surface area contributed by atoms with Gasteiger partial charge in [-0.25, -0.2) is 4.79 Å². The van der Waals surface area contributed by atoms with Crippen molar-refractivity contribution in [3.63, 3.8) is 0 Å². The van der Waals surface area contributed by atoms with Crippen LogP contribution in [0.2, 0.25) is 0 Å². The maximum absolute atomic E-state index is 11.2. The number of urea groups is 1. The van der Waals surface area contributed by atoms with Crippen LogP contribution in [-0.2, 0) is 4.74 Å². The number of ether oxygens (including phenoxy) is 1. The van der Waals surface area contributed by atoms with E-state index < -0.39 is 0 Å². The number of aliphatic imine (C=N–C) groups is 1. The average molecular weight is 455 g/mol. The first kappa shape index (κ1) is 23.2. The van der Waals surface area contributed by atoms with Crippen LogP contribution in [0.25, 0.3) is 0 Å². The Balaban J connectivity index is 0.00000529. The second-order valence-electron chi connectivity index (χ2n) is 7.05. The van der Waals surface area contributed by atoms with Crippen molar-refractivity contribution in [3.05, 3.63) is 0 Å². The standard InChI is InChI=1S/C16H33N5O2.HI/c1-6-18-15(19-11-13(23-5)16(2,3)4)20-12-7-9-21(10-8-12)14(17)22;/h12-13H,6-11H2,1-5H3,(H2,17,22)(H2,18,19,20);1H. The second-order valence-corrected chi connectivity index (χ2v) is 7.05. The molecule has 1 saturated heterocycles. The zero-order valence-electron chi connectivity index (χ0n) is 15.6. The van der Waals surface area contributed by atoms with Crippen LogP contribution in [0.5, 0.6) is 0 Å². The quantitative estimate of drug-likeness (QED) is 0.335. The highest BCUT2D eigenvalue weighted by atomic mass is 127. The second kappa shape index (κ2) is 11.0. The van der Waals surface area contributed by atoms with E-state index in [1.165, 1.54) is 0 Å². The van der Waals surface area contributed by atoms with E-state index in [4.69, 9.17) is 10.5 Å². The van der Waals surface area contributed by atoms with Gasteiger partial charge in [0.2, 0.25) is 0 Å². The number of rotatable bonds is 5. The molecule has 2 amide bonds. The highest BCUT2D eigenvalue weighted by Crippen LogP contribution is 2.21. The summed E-state index contributed by atoms with van der Waals surface area (Å²) < 4.78 is 5.55. The molecule has 0 saturated carbocycles. The van der Waals surface area contributed by atoms with Crippen LogP contribution in [0.1, 0.15) is 40.5 Å². The average Bonchev–Trinajstić information content (AvgIpc) is 2.47. The minimum atomic E-state index is -0.336. The SMILES string of the molecule is CCNC(=NCC(OC)C(C)(C)C)NC1CCN(C(N)=O)CC1.I. The molecule has 1 aliphatic rings. The molecule has 1 heterocycles. The van der Waals surface area contributed by atoms with E-state index in [1.807, 2.05) is 6.92 Å². The van der Waals surface area contributed by atoms with Gasteiger partial charge in [0.25, 0.3) is 0 Å². The Hall–Kier alpha value is -0.770. The van der Waals surface area contributed by atoms with Gasteiger partial charge in [-0.3, -0.25) is 4.99 Å². The first-order valence-electron chi connectivity index (χ1n) is 8.40. The molecule has 1 unspecified atom stereocenters. The fourth-order valence-corrected chi connectivity index (χ4v) is 2.63. The number of hydrogen-bond acceptors (Lipinski definition) is 3. The van der Waals surface area contributed by atoms with Crippen molar-refractivity contribution in [3.8, 4) is 0 Å². The minimum Gasteiger partial charge on any atom is -0.379 e. The van der Waals surface area contributed by atoms with Crippen LogP contribution >= 0.6 is 24.0 Å². The predicted octanol–water partition coefficient (Wildman–Crippen LogP) is 1.76. The van der Waals surface area contributed by atoms with Gasteiger partial charge < -0.3 is 26.0 Å². The summed E-state index contributed by atoms with van der Waals surface area (Å²) in [5, 5.41) is 6.72. The van der Waals surface area contributed by atoms with Crippen LogP contribution < -0.4 is 16.4 Å². The topological polar surface area (TPSA) is 92.0 Å². The zero-order chi connectivity index (χ0) is 17.5. The van der Waals surface area contributed by atoms with Gasteiger partial charge in [-0.05, 0) is 25.2 Å². The fraction of sp³-hybridized carbons (Fsp3) is 0.875. The first-order valence-corrected chi connectivity index (χ1v) is 8.40. The monoisotopic (exact) mass is 455 g/mol. The molecule has 0 aromatic rings. The maximum Gasteiger partial charge on any atom is 0.314 e. The summed E-state index contributed by atoms with van der Waals surface area (Å²) in [6.45, 7) is 11.3. The number of nitrogens with zero attached hydrogens (tertiary/aromatic N) is 2. The van der Waals surface area contributed by atoms with Crippen molar-refractivity contribution in [2.75, 3.05) is 33.3 Å². The summed E-state index contributed by atoms with van der Waals surface area (Å²) in [5.41, 5.74) is 5.36. The lowest BCUT2D eigenvalue weighted by Gasteiger charge is -2.32. The number of carbonyl (C=O) groups excluding carboxylic acids is 1. The van der Waals surface area contributed by atoms with Crippen LogP contribution in [0.4, 0.5) is 4.79 Å². The van der Waals surface area contributed by atoms with E-state index in [-0.39, 0.29) is 41.5 Å². The molecule has 0 aromatic carbocycles. The molecular weight excluding hydrogens is 421 g/mol. The summed E-state index contributed by atoms with van der Waals surface area (Å²) in [6, 6.07) is -0.0313. The predicted molar refractivity (Wildman–Crippen MR) is 109 cm³/mol. The van der Waals surface area contributed by atoms with Crippen LogP contribution in [0.15, 0.2) is 4.99 Å². The van der Waals surface area contributed by atoms with E-state index in [9.17, 15) is 4.79 Å². The molecule has 1 fully saturated rings. The third-order valence-corrected chi connectivity index (χ3v) is 4.16. The molecule has 7 nitrogen and oxygen atoms in total. The Morgan fingerprint density at radius 3 is 2.38 bits per heavy atom. The largest absolute Gasteiger partial charge is 0.379 e. The molecule has 8 heteroatoms. The van der Waals surface area contributed by atoms with Gasteiger partial charge in [-0.2, -0.15) is 0 Å². The highest BCUT2D eigenvalue weighted by Gasteiger charge is 2.25. The van der Waals surface area contributed by atoms with Gasteiger partial charge in [0.05, 0.1) is 12.6 Å². The number of guanidine groups is 1. The van der Waals surface area contributed by atoms with Gasteiger partial charge >= 0.3 is 6.03 Å². The number of nitrogens with one attached hydrogen (secondary N) is 2. The first-order chi connectivity index (χ1) is 10.8. The van der Waals surface area contributed by atoms with Gasteiger partial charge in [0.1, 0.15) is 0 Å². The Bertz CT molecular complexity index is 404. The number of piperidine rings is 1. The Kier molecular flexibility index (Phi) is 10.6. The Labute approximate surface area is 163 Å². The number of primary amides is 1. The van der Waals surface area contributed by atoms with Crippen LogP contribution in [0, 0.1) is 5.41 Å². The zero-order valence-corrected chi connectivity index (χ0v) is 17.9. The molecule has 142 valence electrons. The van der Waals surface area contributed by atoms with Gasteiger partial charge in [-0.15, -0.1) is 24.0 Å². The van der Waals surface area contributed by atoms with Crippen molar-refractivity contribution < 1.29 is 9.53 Å². The van der Waals surface area contributed by atoms with E-state index >= 15 is 0 Å². The highest BCUT2D eigenvalue weighted by molar-refractivity contribution is 14.0. The number of halogens is 1. The molecule has 1 aliphatic heterocycles. The molecule has 1 atom stereocenters. The van der Waals surface area contributed by atoms with Crippen molar-refractivity contribution >= 4 is 36.0 Å². The molecular formula is C16H34IN5O2. The normalized spacial score (nSPS) is 17.9. The number of carbonyl (C=O) groups is 1. The molecule has 1 rings (SSSR count).